The third-order valence-electron chi connectivity index (χ3n) is 3.02. The van der Waals surface area contributed by atoms with Crippen molar-refractivity contribution in [2.75, 3.05) is 4.72 Å². The van der Waals surface area contributed by atoms with Crippen LogP contribution >= 0.6 is 23.2 Å². The van der Waals surface area contributed by atoms with E-state index in [0.717, 1.165) is 0 Å². The molecule has 0 bridgehead atoms. The van der Waals surface area contributed by atoms with Gasteiger partial charge in [-0.3, -0.25) is 9.52 Å². The van der Waals surface area contributed by atoms with E-state index in [2.05, 4.69) is 4.72 Å². The van der Waals surface area contributed by atoms with Crippen LogP contribution in [0.1, 0.15) is 22.8 Å². The van der Waals surface area contributed by atoms with Gasteiger partial charge in [-0.1, -0.05) is 35.3 Å². The van der Waals surface area contributed by atoms with E-state index >= 15 is 0 Å². The van der Waals surface area contributed by atoms with E-state index in [1.54, 1.807) is 25.1 Å². The maximum atomic E-state index is 12.4. The summed E-state index contributed by atoms with van der Waals surface area (Å²) in [5.41, 5.74) is 1.30. The molecule has 0 saturated carbocycles. The number of anilines is 1. The summed E-state index contributed by atoms with van der Waals surface area (Å²) in [7, 11) is -3.88. The van der Waals surface area contributed by atoms with Gasteiger partial charge >= 0.3 is 0 Å². The van der Waals surface area contributed by atoms with E-state index in [1.807, 2.05) is 0 Å². The Morgan fingerprint density at radius 1 is 1.09 bits per heavy atom. The lowest BCUT2D eigenvalue weighted by atomic mass is 10.1. The first-order valence-electron chi connectivity index (χ1n) is 6.30. The van der Waals surface area contributed by atoms with E-state index in [0.29, 0.717) is 16.1 Å². The van der Waals surface area contributed by atoms with Crippen LogP contribution < -0.4 is 4.72 Å². The number of sulfonamides is 1. The van der Waals surface area contributed by atoms with Crippen molar-refractivity contribution in [3.63, 3.8) is 0 Å². The lowest BCUT2D eigenvalue weighted by molar-refractivity contribution is 0.101. The third kappa shape index (κ3) is 3.61. The summed E-state index contributed by atoms with van der Waals surface area (Å²) in [6.45, 7) is 3.10. The first kappa shape index (κ1) is 16.8. The highest BCUT2D eigenvalue weighted by molar-refractivity contribution is 7.92. The first-order valence-corrected chi connectivity index (χ1v) is 8.54. The fraction of sp³-hybridized carbons (Fsp3) is 0.133. The van der Waals surface area contributed by atoms with Crippen LogP contribution in [-0.2, 0) is 10.0 Å². The van der Waals surface area contributed by atoms with Crippen LogP contribution in [0.4, 0.5) is 5.69 Å². The normalized spacial score (nSPS) is 11.3. The van der Waals surface area contributed by atoms with E-state index in [-0.39, 0.29) is 21.4 Å². The van der Waals surface area contributed by atoms with Gasteiger partial charge in [0.1, 0.15) is 4.90 Å². The molecule has 1 N–H and O–H groups in total. The molecule has 0 saturated heterocycles. The number of carbonyl (C=O) groups is 1. The molecule has 2 aromatic carbocycles. The Kier molecular flexibility index (Phi) is 4.80. The molecular weight excluding hydrogens is 345 g/mol. The summed E-state index contributed by atoms with van der Waals surface area (Å²) in [6.07, 6.45) is 0. The molecule has 4 nitrogen and oxygen atoms in total. The minimum Gasteiger partial charge on any atom is -0.295 e. The van der Waals surface area contributed by atoms with Crippen LogP contribution in [0.2, 0.25) is 10.0 Å². The molecule has 2 aromatic rings. The number of aryl methyl sites for hydroxylation is 1. The molecule has 22 heavy (non-hydrogen) atoms. The molecule has 7 heteroatoms. The van der Waals surface area contributed by atoms with Crippen LogP contribution in [0.25, 0.3) is 0 Å². The van der Waals surface area contributed by atoms with Crippen molar-refractivity contribution >= 4 is 44.7 Å². The molecule has 0 aliphatic rings. The zero-order valence-electron chi connectivity index (χ0n) is 11.9. The lowest BCUT2D eigenvalue weighted by Crippen LogP contribution is -2.14. The molecule has 0 aliphatic heterocycles. The van der Waals surface area contributed by atoms with Crippen LogP contribution in [0.3, 0.4) is 0 Å². The van der Waals surface area contributed by atoms with Gasteiger partial charge in [0.2, 0.25) is 0 Å². The predicted molar refractivity (Wildman–Crippen MR) is 88.5 cm³/mol. The summed E-state index contributed by atoms with van der Waals surface area (Å²) < 4.78 is 27.3. The molecule has 0 amide bonds. The summed E-state index contributed by atoms with van der Waals surface area (Å²) in [5, 5.41) is 0.424. The largest absolute Gasteiger partial charge is 0.295 e. The van der Waals surface area contributed by atoms with E-state index < -0.39 is 10.0 Å². The molecule has 0 unspecified atom stereocenters. The highest BCUT2D eigenvalue weighted by atomic mass is 35.5. The van der Waals surface area contributed by atoms with Crippen molar-refractivity contribution in [3.05, 3.63) is 57.6 Å². The summed E-state index contributed by atoms with van der Waals surface area (Å²) >= 11 is 11.9. The zero-order valence-corrected chi connectivity index (χ0v) is 14.2. The zero-order chi connectivity index (χ0) is 16.5. The minimum absolute atomic E-state index is 0.0332. The molecular formula is C15H13Cl2NO3S. The van der Waals surface area contributed by atoms with Crippen LogP contribution in [0.15, 0.2) is 41.3 Å². The molecule has 0 fully saturated rings. The van der Waals surface area contributed by atoms with Gasteiger partial charge in [-0.15, -0.1) is 0 Å². The van der Waals surface area contributed by atoms with Gasteiger partial charge in [0, 0.05) is 16.3 Å². The number of Topliss-reactive ketones (excluding diaryl/α,β-unsaturated/α-hetero) is 1. The van der Waals surface area contributed by atoms with Gasteiger partial charge in [0.25, 0.3) is 10.0 Å². The van der Waals surface area contributed by atoms with Crippen LogP contribution in [0.5, 0.6) is 0 Å². The van der Waals surface area contributed by atoms with Gasteiger partial charge < -0.3 is 0 Å². The molecule has 116 valence electrons. The molecule has 0 aliphatic carbocycles. The van der Waals surface area contributed by atoms with Crippen LogP contribution in [-0.4, -0.2) is 14.2 Å². The number of halogens is 2. The topological polar surface area (TPSA) is 63.2 Å². The number of hydrogen-bond donors (Lipinski definition) is 1. The summed E-state index contributed by atoms with van der Waals surface area (Å²) in [5.74, 6) is -0.151. The number of benzene rings is 2. The van der Waals surface area contributed by atoms with Gasteiger partial charge in [-0.2, -0.15) is 0 Å². The smallest absolute Gasteiger partial charge is 0.263 e. The molecule has 0 spiro atoms. The van der Waals surface area contributed by atoms with E-state index in [9.17, 15) is 13.2 Å². The Morgan fingerprint density at radius 3 is 2.41 bits per heavy atom. The SMILES string of the molecule is CC(=O)c1cccc(NS(=O)(=O)c2cc(C)c(Cl)cc2Cl)c1. The molecule has 2 rings (SSSR count). The van der Waals surface area contributed by atoms with E-state index in [1.165, 1.54) is 25.1 Å². The van der Waals surface area contributed by atoms with Gasteiger partial charge in [0.15, 0.2) is 5.78 Å². The maximum Gasteiger partial charge on any atom is 0.263 e. The average Bonchev–Trinajstić information content (AvgIpc) is 2.42. The lowest BCUT2D eigenvalue weighted by Gasteiger charge is -2.11. The van der Waals surface area contributed by atoms with Crippen molar-refractivity contribution in [1.82, 2.24) is 0 Å². The van der Waals surface area contributed by atoms with Gasteiger partial charge in [-0.05, 0) is 43.7 Å². The molecule has 0 atom stereocenters. The Balaban J connectivity index is 2.42. The van der Waals surface area contributed by atoms with Crippen molar-refractivity contribution in [2.24, 2.45) is 0 Å². The Bertz CT molecular complexity index is 848. The van der Waals surface area contributed by atoms with Crippen molar-refractivity contribution in [3.8, 4) is 0 Å². The Morgan fingerprint density at radius 2 is 1.77 bits per heavy atom. The molecule has 0 heterocycles. The summed E-state index contributed by atoms with van der Waals surface area (Å²) in [4.78, 5) is 11.3. The molecule has 0 radical (unpaired) electrons. The van der Waals surface area contributed by atoms with Gasteiger partial charge in [0.05, 0.1) is 5.02 Å². The third-order valence-corrected chi connectivity index (χ3v) is 5.28. The highest BCUT2D eigenvalue weighted by Crippen LogP contribution is 2.29. The molecule has 0 aromatic heterocycles. The second kappa shape index (κ2) is 6.28. The highest BCUT2D eigenvalue weighted by Gasteiger charge is 2.19. The number of ketones is 1. The standard InChI is InChI=1S/C15H13Cl2NO3S/c1-9-6-15(14(17)8-13(9)16)22(20,21)18-12-5-3-4-11(7-12)10(2)19/h3-8,18H,1-2H3. The number of nitrogens with one attached hydrogen (secondary N) is 1. The Hall–Kier alpha value is -1.56. The first-order chi connectivity index (χ1) is 10.2. The predicted octanol–water partition coefficient (Wildman–Crippen LogP) is 4.31. The second-order valence-electron chi connectivity index (χ2n) is 4.77. The second-order valence-corrected chi connectivity index (χ2v) is 7.24. The van der Waals surface area contributed by atoms with Crippen molar-refractivity contribution in [2.45, 2.75) is 18.7 Å². The Labute approximate surface area is 139 Å². The van der Waals surface area contributed by atoms with Gasteiger partial charge in [-0.25, -0.2) is 8.42 Å². The van der Waals surface area contributed by atoms with Crippen molar-refractivity contribution < 1.29 is 13.2 Å². The quantitative estimate of drug-likeness (QED) is 0.829. The fourth-order valence-corrected chi connectivity index (χ4v) is 3.73. The maximum absolute atomic E-state index is 12.4. The van der Waals surface area contributed by atoms with Crippen molar-refractivity contribution in [1.29, 1.82) is 0 Å². The number of hydrogen-bond acceptors (Lipinski definition) is 3. The summed E-state index contributed by atoms with van der Waals surface area (Å²) in [6, 6.07) is 9.03. The monoisotopic (exact) mass is 357 g/mol. The fourth-order valence-electron chi connectivity index (χ4n) is 1.85. The number of carbonyl (C=O) groups excluding carboxylic acids is 1. The average molecular weight is 358 g/mol. The number of rotatable bonds is 4. The van der Waals surface area contributed by atoms with E-state index in [4.69, 9.17) is 23.2 Å². The van der Waals surface area contributed by atoms with Crippen LogP contribution in [0, 0.1) is 6.92 Å². The minimum atomic E-state index is -3.88.